The molecule has 2 rings (SSSR count). The van der Waals surface area contributed by atoms with E-state index in [4.69, 9.17) is 9.84 Å². The Kier molecular flexibility index (Phi) is 3.94. The largest absolute Gasteiger partial charge is 0.488 e. The zero-order valence-electron chi connectivity index (χ0n) is 10.1. The van der Waals surface area contributed by atoms with Crippen molar-refractivity contribution in [3.05, 3.63) is 47.8 Å². The number of aromatic nitrogens is 2. The minimum absolute atomic E-state index is 0.123. The molecule has 1 heterocycles. The molecule has 0 unspecified atom stereocenters. The van der Waals surface area contributed by atoms with Crippen molar-refractivity contribution >= 4 is 0 Å². The predicted octanol–water partition coefficient (Wildman–Crippen LogP) is 1.90. The highest BCUT2D eigenvalue weighted by Gasteiger charge is 2.09. The summed E-state index contributed by atoms with van der Waals surface area (Å²) in [5, 5.41) is 9.11. The summed E-state index contributed by atoms with van der Waals surface area (Å²) in [4.78, 5) is 4.09. The molecule has 0 aliphatic heterocycles. The van der Waals surface area contributed by atoms with Crippen molar-refractivity contribution < 1.29 is 14.2 Å². The molecule has 96 valence electrons. The van der Waals surface area contributed by atoms with Crippen LogP contribution < -0.4 is 4.74 Å². The first-order valence-corrected chi connectivity index (χ1v) is 5.71. The number of hydrogen-bond donors (Lipinski definition) is 1. The molecule has 0 spiro atoms. The van der Waals surface area contributed by atoms with Crippen LogP contribution >= 0.6 is 0 Å². The van der Waals surface area contributed by atoms with Crippen molar-refractivity contribution in [1.82, 2.24) is 9.55 Å². The number of aryl methyl sites for hydroxylation is 1. The molecule has 1 N–H and O–H groups in total. The van der Waals surface area contributed by atoms with Crippen molar-refractivity contribution in [2.45, 2.75) is 20.1 Å². The van der Waals surface area contributed by atoms with Gasteiger partial charge in [-0.1, -0.05) is 12.1 Å². The molecular weight excluding hydrogens is 235 g/mol. The van der Waals surface area contributed by atoms with Crippen LogP contribution in [0.15, 0.2) is 30.6 Å². The Morgan fingerprint density at radius 2 is 2.28 bits per heavy atom. The minimum Gasteiger partial charge on any atom is -0.488 e. The number of para-hydroxylation sites is 1. The lowest BCUT2D eigenvalue weighted by molar-refractivity contribution is 0.250. The Hall–Kier alpha value is -1.88. The zero-order valence-corrected chi connectivity index (χ0v) is 10.1. The number of aliphatic hydroxyl groups is 1. The fourth-order valence-corrected chi connectivity index (χ4v) is 1.73. The van der Waals surface area contributed by atoms with Crippen LogP contribution in [0.1, 0.15) is 11.4 Å². The van der Waals surface area contributed by atoms with Gasteiger partial charge in [-0.25, -0.2) is 9.37 Å². The summed E-state index contributed by atoms with van der Waals surface area (Å²) < 4.78 is 20.8. The maximum absolute atomic E-state index is 13.5. The van der Waals surface area contributed by atoms with Crippen LogP contribution in [0.4, 0.5) is 4.39 Å². The second-order valence-electron chi connectivity index (χ2n) is 3.90. The van der Waals surface area contributed by atoms with E-state index in [1.54, 1.807) is 18.3 Å². The molecule has 0 saturated carbocycles. The van der Waals surface area contributed by atoms with Gasteiger partial charge in [-0.2, -0.15) is 0 Å². The van der Waals surface area contributed by atoms with Crippen LogP contribution in [-0.4, -0.2) is 21.3 Å². The fraction of sp³-hybridized carbons (Fsp3) is 0.308. The first-order valence-electron chi connectivity index (χ1n) is 5.71. The van der Waals surface area contributed by atoms with Gasteiger partial charge in [-0.15, -0.1) is 0 Å². The molecule has 0 fully saturated rings. The summed E-state index contributed by atoms with van der Waals surface area (Å²) in [6, 6.07) is 4.51. The lowest BCUT2D eigenvalue weighted by Gasteiger charge is -2.11. The van der Waals surface area contributed by atoms with E-state index in [2.05, 4.69) is 4.98 Å². The first-order chi connectivity index (χ1) is 8.72. The topological polar surface area (TPSA) is 47.3 Å². The highest BCUT2D eigenvalue weighted by Crippen LogP contribution is 2.22. The number of nitrogens with zero attached hydrogens (tertiary/aromatic N) is 2. The van der Waals surface area contributed by atoms with E-state index >= 15 is 0 Å². The van der Waals surface area contributed by atoms with Gasteiger partial charge < -0.3 is 14.4 Å². The Bertz CT molecular complexity index is 525. The van der Waals surface area contributed by atoms with Crippen LogP contribution in [0, 0.1) is 12.7 Å². The highest BCUT2D eigenvalue weighted by molar-refractivity contribution is 5.34. The van der Waals surface area contributed by atoms with E-state index in [0.29, 0.717) is 18.7 Å². The molecular formula is C13H15FN2O2. The van der Waals surface area contributed by atoms with E-state index in [-0.39, 0.29) is 12.4 Å². The SMILES string of the molecule is Cc1nccn1CCOc1c(F)cccc1CO. The lowest BCUT2D eigenvalue weighted by Crippen LogP contribution is -2.10. The lowest BCUT2D eigenvalue weighted by atomic mass is 10.2. The van der Waals surface area contributed by atoms with Crippen molar-refractivity contribution in [3.8, 4) is 5.75 Å². The molecule has 18 heavy (non-hydrogen) atoms. The van der Waals surface area contributed by atoms with E-state index in [0.717, 1.165) is 5.82 Å². The van der Waals surface area contributed by atoms with Crippen molar-refractivity contribution in [3.63, 3.8) is 0 Å². The number of benzene rings is 1. The van der Waals surface area contributed by atoms with Gasteiger partial charge in [0.1, 0.15) is 12.4 Å². The van der Waals surface area contributed by atoms with E-state index in [1.807, 2.05) is 17.7 Å². The third-order valence-electron chi connectivity index (χ3n) is 2.72. The highest BCUT2D eigenvalue weighted by atomic mass is 19.1. The van der Waals surface area contributed by atoms with Crippen molar-refractivity contribution in [1.29, 1.82) is 0 Å². The molecule has 4 nitrogen and oxygen atoms in total. The van der Waals surface area contributed by atoms with Crippen LogP contribution in [-0.2, 0) is 13.2 Å². The molecule has 0 radical (unpaired) electrons. The molecule has 5 heteroatoms. The van der Waals surface area contributed by atoms with Crippen LogP contribution in [0.3, 0.4) is 0 Å². The summed E-state index contributed by atoms with van der Waals surface area (Å²) in [7, 11) is 0. The maximum Gasteiger partial charge on any atom is 0.165 e. The van der Waals surface area contributed by atoms with E-state index in [9.17, 15) is 4.39 Å². The zero-order chi connectivity index (χ0) is 13.0. The summed E-state index contributed by atoms with van der Waals surface area (Å²) in [5.41, 5.74) is 0.456. The first kappa shape index (κ1) is 12.6. The number of rotatable bonds is 5. The van der Waals surface area contributed by atoms with Gasteiger partial charge in [0.25, 0.3) is 0 Å². The molecule has 1 aromatic heterocycles. The number of aliphatic hydroxyl groups excluding tert-OH is 1. The van der Waals surface area contributed by atoms with Gasteiger partial charge in [-0.3, -0.25) is 0 Å². The van der Waals surface area contributed by atoms with Gasteiger partial charge in [0.2, 0.25) is 0 Å². The van der Waals surface area contributed by atoms with E-state index in [1.165, 1.54) is 6.07 Å². The minimum atomic E-state index is -0.455. The second kappa shape index (κ2) is 5.64. The summed E-state index contributed by atoms with van der Waals surface area (Å²) in [6.45, 7) is 2.57. The Morgan fingerprint density at radius 3 is 2.94 bits per heavy atom. The van der Waals surface area contributed by atoms with Crippen LogP contribution in [0.25, 0.3) is 0 Å². The molecule has 0 bridgehead atoms. The molecule has 0 aliphatic carbocycles. The van der Waals surface area contributed by atoms with Crippen molar-refractivity contribution in [2.75, 3.05) is 6.61 Å². The van der Waals surface area contributed by atoms with Crippen LogP contribution in [0.2, 0.25) is 0 Å². The fourth-order valence-electron chi connectivity index (χ4n) is 1.73. The summed E-state index contributed by atoms with van der Waals surface area (Å²) in [6.07, 6.45) is 3.55. The van der Waals surface area contributed by atoms with Crippen molar-refractivity contribution in [2.24, 2.45) is 0 Å². The average Bonchev–Trinajstić information content (AvgIpc) is 2.77. The van der Waals surface area contributed by atoms with Gasteiger partial charge >= 0.3 is 0 Å². The summed E-state index contributed by atoms with van der Waals surface area (Å²) >= 11 is 0. The van der Waals surface area contributed by atoms with Crippen LogP contribution in [0.5, 0.6) is 5.75 Å². The predicted molar refractivity (Wildman–Crippen MR) is 64.8 cm³/mol. The monoisotopic (exact) mass is 250 g/mol. The number of ether oxygens (including phenoxy) is 1. The molecule has 0 atom stereocenters. The third kappa shape index (κ3) is 2.68. The molecule has 1 aromatic carbocycles. The maximum atomic E-state index is 13.5. The number of hydrogen-bond acceptors (Lipinski definition) is 3. The van der Waals surface area contributed by atoms with Gasteiger partial charge in [0, 0.05) is 18.0 Å². The quantitative estimate of drug-likeness (QED) is 0.881. The average molecular weight is 250 g/mol. The van der Waals surface area contributed by atoms with Gasteiger partial charge in [-0.05, 0) is 13.0 Å². The molecule has 2 aromatic rings. The third-order valence-corrected chi connectivity index (χ3v) is 2.72. The van der Waals surface area contributed by atoms with Gasteiger partial charge in [0.05, 0.1) is 13.2 Å². The summed E-state index contributed by atoms with van der Waals surface area (Å²) in [5.74, 6) is 0.552. The molecule has 0 aliphatic rings. The number of imidazole rings is 1. The Morgan fingerprint density at radius 1 is 1.44 bits per heavy atom. The molecule has 0 amide bonds. The normalized spacial score (nSPS) is 10.6. The number of halogens is 1. The smallest absolute Gasteiger partial charge is 0.165 e. The second-order valence-corrected chi connectivity index (χ2v) is 3.90. The van der Waals surface area contributed by atoms with Gasteiger partial charge in [0.15, 0.2) is 11.6 Å². The standard InChI is InChI=1S/C13H15FN2O2/c1-10-15-5-6-16(10)7-8-18-13-11(9-17)3-2-4-12(13)14/h2-6,17H,7-9H2,1H3. The van der Waals surface area contributed by atoms with E-state index < -0.39 is 5.82 Å². The Balaban J connectivity index is 2.00. The molecule has 0 saturated heterocycles. The Labute approximate surface area is 105 Å².